The van der Waals surface area contributed by atoms with Gasteiger partial charge in [-0.05, 0) is 31.1 Å². The fourth-order valence-electron chi connectivity index (χ4n) is 4.72. The van der Waals surface area contributed by atoms with Crippen LogP contribution < -0.4 is 5.32 Å². The molecule has 3 saturated heterocycles. The van der Waals surface area contributed by atoms with Crippen molar-refractivity contribution in [2.24, 2.45) is 11.3 Å². The van der Waals surface area contributed by atoms with E-state index >= 15 is 0 Å². The van der Waals surface area contributed by atoms with Crippen molar-refractivity contribution in [1.82, 2.24) is 20.0 Å². The van der Waals surface area contributed by atoms with Crippen LogP contribution in [0.3, 0.4) is 0 Å². The van der Waals surface area contributed by atoms with E-state index in [1.807, 2.05) is 39.5 Å². The lowest BCUT2D eigenvalue weighted by Gasteiger charge is -2.39. The second-order valence-corrected chi connectivity index (χ2v) is 10.5. The van der Waals surface area contributed by atoms with Gasteiger partial charge in [-0.2, -0.15) is 0 Å². The molecule has 5 amide bonds. The fourth-order valence-corrected chi connectivity index (χ4v) is 4.72. The molecule has 3 fully saturated rings. The number of hydrogen-bond acceptors (Lipinski definition) is 4. The number of likely N-dealkylation sites (tertiary alicyclic amines) is 2. The first-order valence-electron chi connectivity index (χ1n) is 11.2. The third-order valence-corrected chi connectivity index (χ3v) is 6.48. The summed E-state index contributed by atoms with van der Waals surface area (Å²) in [6.07, 6.45) is 2.63. The van der Waals surface area contributed by atoms with Crippen LogP contribution in [0.4, 0.5) is 4.79 Å². The monoisotopic (exact) mass is 420 g/mol. The van der Waals surface area contributed by atoms with Crippen LogP contribution in [0.1, 0.15) is 66.7 Å². The Balaban J connectivity index is 1.59. The van der Waals surface area contributed by atoms with Crippen molar-refractivity contribution < 1.29 is 19.2 Å². The predicted octanol–water partition coefficient (Wildman–Crippen LogP) is 1.98. The van der Waals surface area contributed by atoms with Crippen LogP contribution in [0.2, 0.25) is 0 Å². The van der Waals surface area contributed by atoms with E-state index in [2.05, 4.69) is 5.32 Å². The van der Waals surface area contributed by atoms with Crippen LogP contribution in [0, 0.1) is 11.3 Å². The van der Waals surface area contributed by atoms with E-state index < -0.39 is 5.54 Å². The van der Waals surface area contributed by atoms with E-state index in [4.69, 9.17) is 0 Å². The topological polar surface area (TPSA) is 90.0 Å². The Hall–Kier alpha value is -2.12. The quantitative estimate of drug-likeness (QED) is 0.707. The Morgan fingerprint density at radius 2 is 1.60 bits per heavy atom. The minimum absolute atomic E-state index is 0.0586. The lowest BCUT2D eigenvalue weighted by molar-refractivity contribution is -0.142. The van der Waals surface area contributed by atoms with E-state index in [9.17, 15) is 19.2 Å². The van der Waals surface area contributed by atoms with Gasteiger partial charge < -0.3 is 15.1 Å². The summed E-state index contributed by atoms with van der Waals surface area (Å²) in [7, 11) is 0. The molecule has 168 valence electrons. The number of carbonyl (C=O) groups is 4. The molecule has 0 saturated carbocycles. The van der Waals surface area contributed by atoms with Crippen molar-refractivity contribution in [3.63, 3.8) is 0 Å². The van der Waals surface area contributed by atoms with Crippen LogP contribution >= 0.6 is 0 Å². The highest BCUT2D eigenvalue weighted by Crippen LogP contribution is 2.33. The van der Waals surface area contributed by atoms with Crippen molar-refractivity contribution >= 4 is 23.8 Å². The van der Waals surface area contributed by atoms with Gasteiger partial charge in [-0.25, -0.2) is 4.79 Å². The third kappa shape index (κ3) is 4.47. The molecule has 8 heteroatoms. The number of piperidine rings is 2. The van der Waals surface area contributed by atoms with Gasteiger partial charge in [0.05, 0.1) is 0 Å². The zero-order chi connectivity index (χ0) is 22.3. The van der Waals surface area contributed by atoms with E-state index in [0.717, 1.165) is 0 Å². The number of carbonyl (C=O) groups excluding carboxylic acids is 4. The summed E-state index contributed by atoms with van der Waals surface area (Å²) in [6, 6.07) is -0.506. The summed E-state index contributed by atoms with van der Waals surface area (Å²) in [6.45, 7) is 12.0. The molecule has 3 rings (SSSR count). The average Bonchev–Trinajstić information content (AvgIpc) is 2.90. The highest BCUT2D eigenvalue weighted by molar-refractivity contribution is 6.07. The number of amides is 5. The summed E-state index contributed by atoms with van der Waals surface area (Å²) in [5.41, 5.74) is -0.943. The Morgan fingerprint density at radius 1 is 1.03 bits per heavy atom. The van der Waals surface area contributed by atoms with Crippen LogP contribution in [-0.4, -0.2) is 76.2 Å². The summed E-state index contributed by atoms with van der Waals surface area (Å²) in [5.74, 6) is -0.0122. The second kappa shape index (κ2) is 8.19. The molecule has 0 atom stereocenters. The van der Waals surface area contributed by atoms with Gasteiger partial charge in [0.15, 0.2) is 0 Å². The normalized spacial score (nSPS) is 22.8. The van der Waals surface area contributed by atoms with Gasteiger partial charge in [0.1, 0.15) is 5.54 Å². The SMILES string of the molecule is CC(C)C(=O)N1CCC2(CC1)NC(=O)N(C1CCN(C(=O)CC(C)(C)C)CC1)C2=O. The van der Waals surface area contributed by atoms with Crippen LogP contribution in [0.5, 0.6) is 0 Å². The minimum atomic E-state index is -0.885. The summed E-state index contributed by atoms with van der Waals surface area (Å²) in [5, 5.41) is 2.94. The molecule has 3 heterocycles. The Labute approximate surface area is 179 Å². The van der Waals surface area contributed by atoms with E-state index in [1.165, 1.54) is 4.90 Å². The predicted molar refractivity (Wildman–Crippen MR) is 112 cm³/mol. The highest BCUT2D eigenvalue weighted by atomic mass is 16.2. The number of urea groups is 1. The van der Waals surface area contributed by atoms with Crippen LogP contribution in [-0.2, 0) is 14.4 Å². The first kappa shape index (κ1) is 22.6. The van der Waals surface area contributed by atoms with Gasteiger partial charge in [0, 0.05) is 44.6 Å². The summed E-state index contributed by atoms with van der Waals surface area (Å²) < 4.78 is 0. The highest BCUT2D eigenvalue weighted by Gasteiger charge is 2.54. The van der Waals surface area contributed by atoms with E-state index in [-0.39, 0.29) is 41.1 Å². The molecule has 3 aliphatic heterocycles. The van der Waals surface area contributed by atoms with Gasteiger partial charge in [-0.1, -0.05) is 34.6 Å². The molecule has 8 nitrogen and oxygen atoms in total. The van der Waals surface area contributed by atoms with Gasteiger partial charge in [0.2, 0.25) is 11.8 Å². The zero-order valence-electron chi connectivity index (χ0n) is 19.0. The number of nitrogens with zero attached hydrogens (tertiary/aromatic N) is 3. The van der Waals surface area contributed by atoms with Crippen molar-refractivity contribution in [1.29, 1.82) is 0 Å². The molecule has 1 spiro atoms. The number of imide groups is 1. The summed E-state index contributed by atoms with van der Waals surface area (Å²) >= 11 is 0. The van der Waals surface area contributed by atoms with Crippen LogP contribution in [0.25, 0.3) is 0 Å². The summed E-state index contributed by atoms with van der Waals surface area (Å²) in [4.78, 5) is 55.7. The minimum Gasteiger partial charge on any atom is -0.343 e. The second-order valence-electron chi connectivity index (χ2n) is 10.5. The van der Waals surface area contributed by atoms with Crippen molar-refractivity contribution in [2.75, 3.05) is 26.2 Å². The molecule has 0 radical (unpaired) electrons. The molecule has 0 aromatic rings. The van der Waals surface area contributed by atoms with Gasteiger partial charge in [0.25, 0.3) is 5.91 Å². The van der Waals surface area contributed by atoms with Gasteiger partial charge in [-0.15, -0.1) is 0 Å². The van der Waals surface area contributed by atoms with Crippen molar-refractivity contribution in [3.8, 4) is 0 Å². The lowest BCUT2D eigenvalue weighted by atomic mass is 9.86. The molecular weight excluding hydrogens is 384 g/mol. The average molecular weight is 421 g/mol. The molecule has 0 aliphatic carbocycles. The molecular formula is C22H36N4O4. The smallest absolute Gasteiger partial charge is 0.325 e. The lowest BCUT2D eigenvalue weighted by Crippen LogP contribution is -2.57. The number of nitrogens with one attached hydrogen (secondary N) is 1. The van der Waals surface area contributed by atoms with Crippen molar-refractivity contribution in [3.05, 3.63) is 0 Å². The maximum absolute atomic E-state index is 13.3. The van der Waals surface area contributed by atoms with Gasteiger partial charge in [-0.3, -0.25) is 19.3 Å². The van der Waals surface area contributed by atoms with Crippen LogP contribution in [0.15, 0.2) is 0 Å². The maximum Gasteiger partial charge on any atom is 0.325 e. The van der Waals surface area contributed by atoms with Gasteiger partial charge >= 0.3 is 6.03 Å². The molecule has 30 heavy (non-hydrogen) atoms. The third-order valence-electron chi connectivity index (χ3n) is 6.48. The first-order chi connectivity index (χ1) is 13.9. The number of rotatable bonds is 3. The van der Waals surface area contributed by atoms with E-state index in [1.54, 1.807) is 4.90 Å². The first-order valence-corrected chi connectivity index (χ1v) is 11.2. The Kier molecular flexibility index (Phi) is 6.16. The molecule has 0 unspecified atom stereocenters. The Morgan fingerprint density at radius 3 is 2.10 bits per heavy atom. The molecule has 0 aromatic carbocycles. The Bertz CT molecular complexity index is 711. The number of hydrogen-bond donors (Lipinski definition) is 1. The maximum atomic E-state index is 13.3. The fraction of sp³-hybridized carbons (Fsp3) is 0.818. The van der Waals surface area contributed by atoms with Crippen molar-refractivity contribution in [2.45, 2.75) is 78.3 Å². The standard InChI is InChI=1S/C22H36N4O4/c1-15(2)18(28)25-12-8-22(9-13-25)19(29)26(20(30)23-22)16-6-10-24(11-7-16)17(27)14-21(3,4)5/h15-16H,6-14H2,1-5H3,(H,23,30). The molecule has 0 aromatic heterocycles. The molecule has 0 bridgehead atoms. The molecule has 1 N–H and O–H groups in total. The van der Waals surface area contributed by atoms with E-state index in [0.29, 0.717) is 58.3 Å². The largest absolute Gasteiger partial charge is 0.343 e. The zero-order valence-corrected chi connectivity index (χ0v) is 19.0. The molecule has 3 aliphatic rings.